The molecule has 0 radical (unpaired) electrons. The fraction of sp³-hybridized carbons (Fsp3) is 1.00. The van der Waals surface area contributed by atoms with Gasteiger partial charge in [0.25, 0.3) is 0 Å². The molecule has 1 fully saturated rings. The van der Waals surface area contributed by atoms with E-state index in [1.54, 1.807) is 7.11 Å². The highest BCUT2D eigenvalue weighted by atomic mass is 16.5. The van der Waals surface area contributed by atoms with Crippen molar-refractivity contribution < 1.29 is 9.47 Å². The van der Waals surface area contributed by atoms with E-state index in [4.69, 9.17) is 9.47 Å². The Morgan fingerprint density at radius 3 is 2.64 bits per heavy atom. The lowest BCUT2D eigenvalue weighted by molar-refractivity contribution is -0.0660. The minimum absolute atomic E-state index is 0.276. The maximum absolute atomic E-state index is 5.62. The molecule has 2 nitrogen and oxygen atoms in total. The highest BCUT2D eigenvalue weighted by Gasteiger charge is 2.46. The predicted octanol–water partition coefficient (Wildman–Crippen LogP) is 2.86. The Kier molecular flexibility index (Phi) is 4.39. The zero-order chi connectivity index (χ0) is 10.6. The molecular formula is C12H24O2. The van der Waals surface area contributed by atoms with Crippen molar-refractivity contribution in [2.45, 2.75) is 45.6 Å². The smallest absolute Gasteiger partial charge is 0.0652 e. The van der Waals surface area contributed by atoms with Crippen LogP contribution in [0, 0.1) is 11.3 Å². The average molecular weight is 200 g/mol. The van der Waals surface area contributed by atoms with E-state index in [0.717, 1.165) is 6.61 Å². The Morgan fingerprint density at radius 1 is 1.43 bits per heavy atom. The lowest BCUT2D eigenvalue weighted by atomic mass is 9.72. The molecule has 2 heteroatoms. The molecule has 0 bridgehead atoms. The first-order chi connectivity index (χ1) is 6.71. The average Bonchev–Trinajstić information content (AvgIpc) is 2.61. The van der Waals surface area contributed by atoms with E-state index < -0.39 is 0 Å². The molecule has 84 valence electrons. The van der Waals surface area contributed by atoms with Crippen LogP contribution >= 0.6 is 0 Å². The summed E-state index contributed by atoms with van der Waals surface area (Å²) in [4.78, 5) is 0. The van der Waals surface area contributed by atoms with E-state index in [1.807, 2.05) is 7.11 Å². The molecule has 0 heterocycles. The third kappa shape index (κ3) is 1.96. The van der Waals surface area contributed by atoms with Crippen LogP contribution in [0.2, 0.25) is 0 Å². The molecule has 0 spiro atoms. The van der Waals surface area contributed by atoms with Crippen molar-refractivity contribution in [2.75, 3.05) is 20.8 Å². The quantitative estimate of drug-likeness (QED) is 0.679. The number of hydrogen-bond acceptors (Lipinski definition) is 2. The molecule has 0 aromatic heterocycles. The summed E-state index contributed by atoms with van der Waals surface area (Å²) in [6, 6.07) is 0. The van der Waals surface area contributed by atoms with Crippen LogP contribution in [0.5, 0.6) is 0 Å². The molecule has 3 unspecified atom stereocenters. The maximum Gasteiger partial charge on any atom is 0.0652 e. The fourth-order valence-electron chi connectivity index (χ4n) is 2.96. The predicted molar refractivity (Wildman–Crippen MR) is 58.4 cm³/mol. The van der Waals surface area contributed by atoms with Gasteiger partial charge in [-0.2, -0.15) is 0 Å². The minimum Gasteiger partial charge on any atom is -0.384 e. The first-order valence-corrected chi connectivity index (χ1v) is 5.73. The van der Waals surface area contributed by atoms with Gasteiger partial charge in [-0.25, -0.2) is 0 Å². The minimum atomic E-state index is 0.276. The highest BCUT2D eigenvalue weighted by molar-refractivity contribution is 4.96. The van der Waals surface area contributed by atoms with E-state index in [-0.39, 0.29) is 5.41 Å². The van der Waals surface area contributed by atoms with Crippen molar-refractivity contribution in [3.05, 3.63) is 0 Å². The van der Waals surface area contributed by atoms with Crippen molar-refractivity contribution in [1.82, 2.24) is 0 Å². The van der Waals surface area contributed by atoms with E-state index in [2.05, 4.69) is 13.8 Å². The van der Waals surface area contributed by atoms with Crippen LogP contribution in [0.3, 0.4) is 0 Å². The molecule has 3 atom stereocenters. The van der Waals surface area contributed by atoms with Crippen molar-refractivity contribution >= 4 is 0 Å². The third-order valence-electron chi connectivity index (χ3n) is 4.04. The standard InChI is InChI=1S/C12H24O2/c1-5-10(2)12(9-13-3)8-6-7-11(12)14-4/h10-11H,5-9H2,1-4H3. The lowest BCUT2D eigenvalue weighted by Gasteiger charge is -2.39. The summed E-state index contributed by atoms with van der Waals surface area (Å²) >= 11 is 0. The monoisotopic (exact) mass is 200 g/mol. The third-order valence-corrected chi connectivity index (χ3v) is 4.04. The van der Waals surface area contributed by atoms with E-state index in [9.17, 15) is 0 Å². The number of hydrogen-bond donors (Lipinski definition) is 0. The second-order valence-electron chi connectivity index (χ2n) is 4.59. The Morgan fingerprint density at radius 2 is 2.14 bits per heavy atom. The van der Waals surface area contributed by atoms with Gasteiger partial charge in [0, 0.05) is 19.6 Å². The van der Waals surface area contributed by atoms with Gasteiger partial charge in [-0.05, 0) is 18.8 Å². The zero-order valence-electron chi connectivity index (χ0n) is 10.0. The molecular weight excluding hydrogens is 176 g/mol. The molecule has 1 rings (SSSR count). The Balaban J connectivity index is 2.78. The SMILES string of the molecule is CCC(C)C1(COC)CCCC1OC. The topological polar surface area (TPSA) is 18.5 Å². The molecule has 14 heavy (non-hydrogen) atoms. The number of methoxy groups -OCH3 is 2. The highest BCUT2D eigenvalue weighted by Crippen LogP contribution is 2.47. The van der Waals surface area contributed by atoms with Crippen LogP contribution in [0.25, 0.3) is 0 Å². The summed E-state index contributed by atoms with van der Waals surface area (Å²) in [6.07, 6.45) is 5.35. The molecule has 0 N–H and O–H groups in total. The lowest BCUT2D eigenvalue weighted by Crippen LogP contribution is -2.41. The Labute approximate surface area is 88.0 Å². The van der Waals surface area contributed by atoms with Gasteiger partial charge in [0.1, 0.15) is 0 Å². The maximum atomic E-state index is 5.62. The molecule has 0 aromatic rings. The second kappa shape index (κ2) is 5.13. The van der Waals surface area contributed by atoms with E-state index in [0.29, 0.717) is 12.0 Å². The van der Waals surface area contributed by atoms with Crippen LogP contribution in [-0.2, 0) is 9.47 Å². The molecule has 0 aromatic carbocycles. The van der Waals surface area contributed by atoms with Gasteiger partial charge in [-0.1, -0.05) is 26.7 Å². The van der Waals surface area contributed by atoms with Crippen molar-refractivity contribution in [2.24, 2.45) is 11.3 Å². The molecule has 0 saturated heterocycles. The summed E-state index contributed by atoms with van der Waals surface area (Å²) in [5, 5.41) is 0. The van der Waals surface area contributed by atoms with E-state index in [1.165, 1.54) is 25.7 Å². The largest absolute Gasteiger partial charge is 0.384 e. The van der Waals surface area contributed by atoms with Gasteiger partial charge in [0.15, 0.2) is 0 Å². The van der Waals surface area contributed by atoms with Crippen LogP contribution in [0.1, 0.15) is 39.5 Å². The fourth-order valence-corrected chi connectivity index (χ4v) is 2.96. The van der Waals surface area contributed by atoms with Crippen molar-refractivity contribution in [3.63, 3.8) is 0 Å². The van der Waals surface area contributed by atoms with Gasteiger partial charge in [-0.3, -0.25) is 0 Å². The molecule has 1 aliphatic rings. The van der Waals surface area contributed by atoms with Crippen LogP contribution in [0.4, 0.5) is 0 Å². The molecule has 0 amide bonds. The number of rotatable bonds is 5. The van der Waals surface area contributed by atoms with Gasteiger partial charge in [0.2, 0.25) is 0 Å². The van der Waals surface area contributed by atoms with Crippen LogP contribution < -0.4 is 0 Å². The molecule has 1 saturated carbocycles. The van der Waals surface area contributed by atoms with Gasteiger partial charge < -0.3 is 9.47 Å². The summed E-state index contributed by atoms with van der Waals surface area (Å²) in [5.41, 5.74) is 0.276. The molecule has 0 aliphatic heterocycles. The van der Waals surface area contributed by atoms with E-state index >= 15 is 0 Å². The zero-order valence-corrected chi connectivity index (χ0v) is 10.0. The first-order valence-electron chi connectivity index (χ1n) is 5.73. The summed E-state index contributed by atoms with van der Waals surface area (Å²) in [6.45, 7) is 5.43. The summed E-state index contributed by atoms with van der Waals surface area (Å²) in [7, 11) is 3.64. The first kappa shape index (κ1) is 12.0. The van der Waals surface area contributed by atoms with Crippen molar-refractivity contribution in [3.8, 4) is 0 Å². The number of ether oxygens (including phenoxy) is 2. The second-order valence-corrected chi connectivity index (χ2v) is 4.59. The normalized spacial score (nSPS) is 34.7. The van der Waals surface area contributed by atoms with Gasteiger partial charge in [0.05, 0.1) is 12.7 Å². The summed E-state index contributed by atoms with van der Waals surface area (Å²) < 4.78 is 11.0. The van der Waals surface area contributed by atoms with Crippen LogP contribution in [0.15, 0.2) is 0 Å². The Bertz CT molecular complexity index is 170. The van der Waals surface area contributed by atoms with Gasteiger partial charge in [-0.15, -0.1) is 0 Å². The van der Waals surface area contributed by atoms with Crippen LogP contribution in [-0.4, -0.2) is 26.9 Å². The van der Waals surface area contributed by atoms with Crippen molar-refractivity contribution in [1.29, 1.82) is 0 Å². The molecule has 1 aliphatic carbocycles. The summed E-state index contributed by atoms with van der Waals surface area (Å²) in [5.74, 6) is 0.690. The van der Waals surface area contributed by atoms with Gasteiger partial charge >= 0.3 is 0 Å². The Hall–Kier alpha value is -0.0800.